The Morgan fingerprint density at radius 3 is 2.78 bits per heavy atom. The van der Waals surface area contributed by atoms with Gasteiger partial charge in [-0.2, -0.15) is 5.10 Å². The lowest BCUT2D eigenvalue weighted by Crippen LogP contribution is -2.49. The Labute approximate surface area is 135 Å². The second-order valence-corrected chi connectivity index (χ2v) is 6.68. The van der Waals surface area contributed by atoms with E-state index in [9.17, 15) is 9.59 Å². The first kappa shape index (κ1) is 16.2. The highest BCUT2D eigenvalue weighted by Crippen LogP contribution is 2.30. The van der Waals surface area contributed by atoms with E-state index in [0.29, 0.717) is 19.1 Å². The summed E-state index contributed by atoms with van der Waals surface area (Å²) in [6.07, 6.45) is 3.83. The van der Waals surface area contributed by atoms with Crippen LogP contribution in [0.1, 0.15) is 12.8 Å². The Morgan fingerprint density at radius 2 is 2.17 bits per heavy atom. The number of carbonyl (C=O) groups is 1. The molecule has 128 valence electrons. The molecule has 1 aliphatic heterocycles. The third-order valence-corrected chi connectivity index (χ3v) is 4.47. The van der Waals surface area contributed by atoms with Crippen LogP contribution in [0.4, 0.5) is 0 Å². The fraction of sp³-hybridized carbons (Fsp3) is 0.800. The van der Waals surface area contributed by atoms with Crippen molar-refractivity contribution in [2.24, 2.45) is 13.0 Å². The second kappa shape index (κ2) is 6.84. The molecule has 1 saturated carbocycles. The number of carbonyl (C=O) groups excluding carboxylic acids is 1. The first-order valence-corrected chi connectivity index (χ1v) is 8.19. The van der Waals surface area contributed by atoms with Gasteiger partial charge in [-0.15, -0.1) is 0 Å². The minimum absolute atomic E-state index is 0.00501. The van der Waals surface area contributed by atoms with E-state index in [1.807, 2.05) is 4.90 Å². The van der Waals surface area contributed by atoms with E-state index < -0.39 is 0 Å². The van der Waals surface area contributed by atoms with Crippen LogP contribution in [-0.2, 0) is 23.1 Å². The monoisotopic (exact) mass is 323 g/mol. The number of likely N-dealkylation sites (N-methyl/N-ethyl adjacent to an activating group) is 1. The van der Waals surface area contributed by atoms with Gasteiger partial charge in [0.25, 0.3) is 0 Å². The molecule has 23 heavy (non-hydrogen) atoms. The van der Waals surface area contributed by atoms with Crippen LogP contribution in [0.15, 0.2) is 11.1 Å². The van der Waals surface area contributed by atoms with Gasteiger partial charge in [-0.05, 0) is 25.8 Å². The van der Waals surface area contributed by atoms with E-state index >= 15 is 0 Å². The van der Waals surface area contributed by atoms with E-state index in [4.69, 9.17) is 4.74 Å². The molecule has 2 aliphatic rings. The SMILES string of the molecule is CN1CCO[C@@H](CN(CC2CC2)C(=O)Cn2ncn(C)c2=O)C1. The predicted octanol–water partition coefficient (Wildman–Crippen LogP) is -0.849. The third-order valence-electron chi connectivity index (χ3n) is 4.47. The first-order chi connectivity index (χ1) is 11.0. The zero-order chi connectivity index (χ0) is 16.4. The summed E-state index contributed by atoms with van der Waals surface area (Å²) in [6, 6.07) is 0. The van der Waals surface area contributed by atoms with Gasteiger partial charge in [-0.1, -0.05) is 0 Å². The average Bonchev–Trinajstić information content (AvgIpc) is 3.28. The molecule has 3 rings (SSSR count). The molecule has 2 heterocycles. The Kier molecular flexibility index (Phi) is 4.82. The smallest absolute Gasteiger partial charge is 0.345 e. The number of morpholine rings is 1. The number of nitrogens with zero attached hydrogens (tertiary/aromatic N) is 5. The van der Waals surface area contributed by atoms with Crippen LogP contribution in [0.5, 0.6) is 0 Å². The highest BCUT2D eigenvalue weighted by molar-refractivity contribution is 5.76. The Hall–Kier alpha value is -1.67. The lowest BCUT2D eigenvalue weighted by atomic mass is 10.2. The van der Waals surface area contributed by atoms with Crippen molar-refractivity contribution in [1.29, 1.82) is 0 Å². The van der Waals surface area contributed by atoms with E-state index in [2.05, 4.69) is 17.0 Å². The molecule has 0 N–H and O–H groups in total. The minimum atomic E-state index is -0.265. The van der Waals surface area contributed by atoms with Crippen molar-refractivity contribution in [3.63, 3.8) is 0 Å². The quantitative estimate of drug-likeness (QED) is 0.682. The van der Waals surface area contributed by atoms with E-state index in [1.54, 1.807) is 7.05 Å². The van der Waals surface area contributed by atoms with Crippen molar-refractivity contribution in [1.82, 2.24) is 24.1 Å². The maximum Gasteiger partial charge on any atom is 0.345 e. The molecule has 1 amide bonds. The molecule has 1 aromatic rings. The van der Waals surface area contributed by atoms with Crippen molar-refractivity contribution in [2.45, 2.75) is 25.5 Å². The molecule has 0 radical (unpaired) electrons. The van der Waals surface area contributed by atoms with Crippen LogP contribution < -0.4 is 5.69 Å². The van der Waals surface area contributed by atoms with Crippen molar-refractivity contribution in [3.05, 3.63) is 16.8 Å². The molecule has 2 fully saturated rings. The van der Waals surface area contributed by atoms with Gasteiger partial charge in [-0.25, -0.2) is 9.48 Å². The van der Waals surface area contributed by atoms with Gasteiger partial charge in [-0.3, -0.25) is 9.36 Å². The van der Waals surface area contributed by atoms with Gasteiger partial charge in [0, 0.05) is 33.2 Å². The fourth-order valence-corrected chi connectivity index (χ4v) is 2.87. The second-order valence-electron chi connectivity index (χ2n) is 6.68. The summed E-state index contributed by atoms with van der Waals surface area (Å²) in [7, 11) is 3.69. The Balaban J connectivity index is 1.63. The van der Waals surface area contributed by atoms with Crippen molar-refractivity contribution in [3.8, 4) is 0 Å². The molecular weight excluding hydrogens is 298 g/mol. The molecule has 8 heteroatoms. The normalized spacial score (nSPS) is 22.3. The molecular formula is C15H25N5O3. The lowest BCUT2D eigenvalue weighted by Gasteiger charge is -2.34. The van der Waals surface area contributed by atoms with E-state index in [-0.39, 0.29) is 24.2 Å². The van der Waals surface area contributed by atoms with Gasteiger partial charge in [0.15, 0.2) is 0 Å². The number of aryl methyl sites for hydroxylation is 1. The van der Waals surface area contributed by atoms with Crippen molar-refractivity contribution < 1.29 is 9.53 Å². The number of amides is 1. The van der Waals surface area contributed by atoms with Gasteiger partial charge in [0.2, 0.25) is 5.91 Å². The fourth-order valence-electron chi connectivity index (χ4n) is 2.87. The van der Waals surface area contributed by atoms with Gasteiger partial charge < -0.3 is 14.5 Å². The molecule has 0 aromatic carbocycles. The van der Waals surface area contributed by atoms with Crippen LogP contribution in [0.2, 0.25) is 0 Å². The summed E-state index contributed by atoms with van der Waals surface area (Å²) in [4.78, 5) is 28.6. The zero-order valence-electron chi connectivity index (χ0n) is 13.8. The highest BCUT2D eigenvalue weighted by atomic mass is 16.5. The average molecular weight is 323 g/mol. The summed E-state index contributed by atoms with van der Waals surface area (Å²) < 4.78 is 8.38. The molecule has 1 aliphatic carbocycles. The molecule has 1 atom stereocenters. The topological polar surface area (TPSA) is 72.6 Å². The number of rotatable bonds is 6. The zero-order valence-corrected chi connectivity index (χ0v) is 13.8. The summed E-state index contributed by atoms with van der Waals surface area (Å²) in [5.41, 5.74) is -0.265. The molecule has 0 bridgehead atoms. The van der Waals surface area contributed by atoms with Crippen LogP contribution in [0, 0.1) is 5.92 Å². The Morgan fingerprint density at radius 1 is 1.39 bits per heavy atom. The summed E-state index contributed by atoms with van der Waals surface area (Å²) >= 11 is 0. The number of hydrogen-bond acceptors (Lipinski definition) is 5. The van der Waals surface area contributed by atoms with Crippen LogP contribution >= 0.6 is 0 Å². The third kappa shape index (κ3) is 4.20. The maximum absolute atomic E-state index is 12.6. The molecule has 0 unspecified atom stereocenters. The first-order valence-electron chi connectivity index (χ1n) is 8.19. The van der Waals surface area contributed by atoms with Crippen LogP contribution in [-0.4, -0.2) is 76.0 Å². The van der Waals surface area contributed by atoms with Gasteiger partial charge in [0.1, 0.15) is 12.9 Å². The van der Waals surface area contributed by atoms with Crippen molar-refractivity contribution in [2.75, 3.05) is 39.8 Å². The summed E-state index contributed by atoms with van der Waals surface area (Å²) in [5, 5.41) is 3.97. The van der Waals surface area contributed by atoms with E-state index in [1.165, 1.54) is 28.4 Å². The Bertz CT molecular complexity index is 606. The maximum atomic E-state index is 12.6. The summed E-state index contributed by atoms with van der Waals surface area (Å²) in [5.74, 6) is 0.537. The lowest BCUT2D eigenvalue weighted by molar-refractivity contribution is -0.135. The number of aromatic nitrogens is 3. The minimum Gasteiger partial charge on any atom is -0.374 e. The van der Waals surface area contributed by atoms with Crippen LogP contribution in [0.3, 0.4) is 0 Å². The van der Waals surface area contributed by atoms with E-state index in [0.717, 1.165) is 19.6 Å². The van der Waals surface area contributed by atoms with Crippen molar-refractivity contribution >= 4 is 5.91 Å². The molecule has 1 saturated heterocycles. The predicted molar refractivity (Wildman–Crippen MR) is 84.0 cm³/mol. The largest absolute Gasteiger partial charge is 0.374 e. The molecule has 0 spiro atoms. The van der Waals surface area contributed by atoms with Gasteiger partial charge >= 0.3 is 5.69 Å². The standard InChI is InChI=1S/C15H25N5O3/c1-17-5-6-23-13(8-17)9-19(7-12-3-4-12)14(21)10-20-15(22)18(2)11-16-20/h11-13H,3-10H2,1-2H3/t13-/m1/s1. The molecule has 8 nitrogen and oxygen atoms in total. The summed E-state index contributed by atoms with van der Waals surface area (Å²) in [6.45, 7) is 3.79. The molecule has 1 aromatic heterocycles. The van der Waals surface area contributed by atoms with Crippen LogP contribution in [0.25, 0.3) is 0 Å². The number of hydrogen-bond donors (Lipinski definition) is 0. The number of ether oxygens (including phenoxy) is 1. The highest BCUT2D eigenvalue weighted by Gasteiger charge is 2.30. The van der Waals surface area contributed by atoms with Gasteiger partial charge in [0.05, 0.1) is 12.7 Å².